The van der Waals surface area contributed by atoms with Gasteiger partial charge < -0.3 is 10.1 Å². The van der Waals surface area contributed by atoms with Gasteiger partial charge in [-0.3, -0.25) is 0 Å². The summed E-state index contributed by atoms with van der Waals surface area (Å²) in [6, 6.07) is 18.3. The topological polar surface area (TPSA) is 34.1 Å². The second kappa shape index (κ2) is 6.93. The quantitative estimate of drug-likeness (QED) is 0.629. The second-order valence-corrected chi connectivity index (χ2v) is 6.86. The van der Waals surface area contributed by atoms with Crippen LogP contribution in [0.2, 0.25) is 0 Å². The highest BCUT2D eigenvalue weighted by atomic mass is 19.1. The van der Waals surface area contributed by atoms with Crippen LogP contribution in [0.5, 0.6) is 11.5 Å². The number of anilines is 2. The molecule has 1 aromatic heterocycles. The number of hydrogen-bond acceptors (Lipinski definition) is 3. The van der Waals surface area contributed by atoms with Gasteiger partial charge in [0.15, 0.2) is 0 Å². The van der Waals surface area contributed by atoms with Crippen molar-refractivity contribution in [3.8, 4) is 11.5 Å². The lowest BCUT2D eigenvalue weighted by Crippen LogP contribution is -2.13. The van der Waals surface area contributed by atoms with Gasteiger partial charge in [-0.15, -0.1) is 0 Å². The molecule has 1 heterocycles. The molecule has 0 bridgehead atoms. The molecule has 0 atom stereocenters. The Hall–Kier alpha value is -2.88. The Kier molecular flexibility index (Phi) is 4.70. The molecule has 0 spiro atoms. The van der Waals surface area contributed by atoms with Crippen LogP contribution in [0, 0.1) is 5.82 Å². The molecule has 128 valence electrons. The summed E-state index contributed by atoms with van der Waals surface area (Å²) in [4.78, 5) is 4.28. The SMILES string of the molecule is CC(C)(C)c1ccc(Oc2ccnc(Nc3ccccc3)c2)cc1F. The highest BCUT2D eigenvalue weighted by molar-refractivity contribution is 5.57. The smallest absolute Gasteiger partial charge is 0.134 e. The molecule has 3 aromatic rings. The fourth-order valence-corrected chi connectivity index (χ4v) is 2.52. The van der Waals surface area contributed by atoms with Crippen LogP contribution in [0.1, 0.15) is 26.3 Å². The zero-order valence-electron chi connectivity index (χ0n) is 14.6. The molecule has 0 saturated carbocycles. The summed E-state index contributed by atoms with van der Waals surface area (Å²) >= 11 is 0. The summed E-state index contributed by atoms with van der Waals surface area (Å²) in [6.07, 6.45) is 1.65. The highest BCUT2D eigenvalue weighted by Crippen LogP contribution is 2.30. The molecule has 0 aliphatic heterocycles. The second-order valence-electron chi connectivity index (χ2n) is 6.86. The first-order valence-corrected chi connectivity index (χ1v) is 8.18. The van der Waals surface area contributed by atoms with Crippen LogP contribution < -0.4 is 10.1 Å². The van der Waals surface area contributed by atoms with Gasteiger partial charge in [0.1, 0.15) is 23.1 Å². The van der Waals surface area contributed by atoms with Crippen molar-refractivity contribution < 1.29 is 9.13 Å². The maximum absolute atomic E-state index is 14.3. The molecule has 0 unspecified atom stereocenters. The van der Waals surface area contributed by atoms with E-state index in [1.54, 1.807) is 30.5 Å². The molecule has 2 aromatic carbocycles. The Morgan fingerprint density at radius 2 is 1.64 bits per heavy atom. The fourth-order valence-electron chi connectivity index (χ4n) is 2.52. The summed E-state index contributed by atoms with van der Waals surface area (Å²) in [6.45, 7) is 5.95. The fraction of sp³-hybridized carbons (Fsp3) is 0.190. The minimum atomic E-state index is -0.262. The van der Waals surface area contributed by atoms with E-state index in [-0.39, 0.29) is 11.2 Å². The number of pyridine rings is 1. The molecular weight excluding hydrogens is 315 g/mol. The maximum Gasteiger partial charge on any atom is 0.134 e. The van der Waals surface area contributed by atoms with E-state index in [2.05, 4.69) is 10.3 Å². The maximum atomic E-state index is 14.3. The predicted molar refractivity (Wildman–Crippen MR) is 99.1 cm³/mol. The zero-order chi connectivity index (χ0) is 17.9. The van der Waals surface area contributed by atoms with Gasteiger partial charge in [-0.1, -0.05) is 45.0 Å². The van der Waals surface area contributed by atoms with Crippen LogP contribution in [0.15, 0.2) is 66.9 Å². The van der Waals surface area contributed by atoms with Crippen LogP contribution in [0.25, 0.3) is 0 Å². The number of nitrogens with zero attached hydrogens (tertiary/aromatic N) is 1. The van der Waals surface area contributed by atoms with E-state index in [4.69, 9.17) is 4.74 Å². The first-order valence-electron chi connectivity index (χ1n) is 8.18. The molecule has 3 nitrogen and oxygen atoms in total. The number of rotatable bonds is 4. The lowest BCUT2D eigenvalue weighted by atomic mass is 9.87. The van der Waals surface area contributed by atoms with E-state index in [0.717, 1.165) is 5.69 Å². The zero-order valence-corrected chi connectivity index (χ0v) is 14.6. The van der Waals surface area contributed by atoms with Crippen molar-refractivity contribution in [3.63, 3.8) is 0 Å². The summed E-state index contributed by atoms with van der Waals surface area (Å²) in [5, 5.41) is 3.21. The van der Waals surface area contributed by atoms with Crippen molar-refractivity contribution in [2.24, 2.45) is 0 Å². The third-order valence-electron chi connectivity index (χ3n) is 3.76. The van der Waals surface area contributed by atoms with Gasteiger partial charge in [0.2, 0.25) is 0 Å². The predicted octanol–water partition coefficient (Wildman–Crippen LogP) is 6.05. The van der Waals surface area contributed by atoms with Crippen molar-refractivity contribution in [3.05, 3.63) is 78.2 Å². The van der Waals surface area contributed by atoms with E-state index in [0.29, 0.717) is 22.9 Å². The highest BCUT2D eigenvalue weighted by Gasteiger charge is 2.18. The van der Waals surface area contributed by atoms with Crippen LogP contribution in [0.4, 0.5) is 15.9 Å². The van der Waals surface area contributed by atoms with Gasteiger partial charge >= 0.3 is 0 Å². The molecule has 0 amide bonds. The Labute approximate surface area is 147 Å². The molecule has 0 aliphatic rings. The summed E-state index contributed by atoms with van der Waals surface area (Å²) in [7, 11) is 0. The summed E-state index contributed by atoms with van der Waals surface area (Å²) in [5.41, 5.74) is 1.36. The van der Waals surface area contributed by atoms with Crippen molar-refractivity contribution in [2.75, 3.05) is 5.32 Å². The van der Waals surface area contributed by atoms with E-state index in [1.165, 1.54) is 6.07 Å². The van der Waals surface area contributed by atoms with Crippen molar-refractivity contribution in [2.45, 2.75) is 26.2 Å². The summed E-state index contributed by atoms with van der Waals surface area (Å²) in [5.74, 6) is 1.45. The lowest BCUT2D eigenvalue weighted by Gasteiger charge is -2.20. The van der Waals surface area contributed by atoms with Gasteiger partial charge in [0.05, 0.1) is 0 Å². The average molecular weight is 336 g/mol. The molecule has 0 saturated heterocycles. The van der Waals surface area contributed by atoms with E-state index >= 15 is 0 Å². The minimum Gasteiger partial charge on any atom is -0.457 e. The van der Waals surface area contributed by atoms with Gasteiger partial charge in [-0.2, -0.15) is 0 Å². The molecule has 0 fully saturated rings. The number of ether oxygens (including phenoxy) is 1. The Morgan fingerprint density at radius 3 is 2.32 bits per heavy atom. The number of aromatic nitrogens is 1. The molecular formula is C21H21FN2O. The number of para-hydroxylation sites is 1. The Morgan fingerprint density at radius 1 is 0.920 bits per heavy atom. The van der Waals surface area contributed by atoms with E-state index < -0.39 is 0 Å². The van der Waals surface area contributed by atoms with E-state index in [9.17, 15) is 4.39 Å². The van der Waals surface area contributed by atoms with Crippen LogP contribution in [-0.2, 0) is 5.41 Å². The van der Waals surface area contributed by atoms with Crippen molar-refractivity contribution in [1.29, 1.82) is 0 Å². The van der Waals surface area contributed by atoms with Crippen molar-refractivity contribution in [1.82, 2.24) is 4.98 Å². The van der Waals surface area contributed by atoms with Gasteiger partial charge in [-0.25, -0.2) is 9.37 Å². The Balaban J connectivity index is 1.77. The summed E-state index contributed by atoms with van der Waals surface area (Å²) < 4.78 is 20.1. The van der Waals surface area contributed by atoms with E-state index in [1.807, 2.05) is 51.1 Å². The molecule has 1 N–H and O–H groups in total. The first kappa shape index (κ1) is 17.0. The minimum absolute atomic E-state index is 0.244. The van der Waals surface area contributed by atoms with Crippen LogP contribution >= 0.6 is 0 Å². The monoisotopic (exact) mass is 336 g/mol. The van der Waals surface area contributed by atoms with Crippen LogP contribution in [0.3, 0.4) is 0 Å². The third-order valence-corrected chi connectivity index (χ3v) is 3.76. The largest absolute Gasteiger partial charge is 0.457 e. The lowest BCUT2D eigenvalue weighted by molar-refractivity contribution is 0.468. The standard InChI is InChI=1S/C21H21FN2O/c1-21(2,3)18-10-9-16(13-19(18)22)25-17-11-12-23-20(14-17)24-15-7-5-4-6-8-15/h4-14H,1-3H3,(H,23,24). The van der Waals surface area contributed by atoms with Crippen molar-refractivity contribution >= 4 is 11.5 Å². The molecule has 0 aliphatic carbocycles. The normalized spacial score (nSPS) is 11.2. The molecule has 0 radical (unpaired) electrons. The number of benzene rings is 2. The first-order chi connectivity index (χ1) is 11.9. The van der Waals surface area contributed by atoms with Gasteiger partial charge in [0, 0.05) is 24.0 Å². The molecule has 3 rings (SSSR count). The number of nitrogens with one attached hydrogen (secondary N) is 1. The Bertz CT molecular complexity index is 857. The number of halogens is 1. The molecule has 25 heavy (non-hydrogen) atoms. The van der Waals surface area contributed by atoms with Gasteiger partial charge in [0.25, 0.3) is 0 Å². The molecule has 4 heteroatoms. The van der Waals surface area contributed by atoms with Gasteiger partial charge in [-0.05, 0) is 35.2 Å². The number of hydrogen-bond donors (Lipinski definition) is 1. The average Bonchev–Trinajstić information content (AvgIpc) is 2.55. The van der Waals surface area contributed by atoms with Crippen LogP contribution in [-0.4, -0.2) is 4.98 Å². The third kappa shape index (κ3) is 4.35.